The molecule has 0 radical (unpaired) electrons. The molecule has 0 saturated carbocycles. The van der Waals surface area contributed by atoms with Crippen molar-refractivity contribution >= 4 is 67.0 Å². The molecule has 0 spiro atoms. The first-order chi connectivity index (χ1) is 16.6. The van der Waals surface area contributed by atoms with Gasteiger partial charge in [0.2, 0.25) is 0 Å². The number of nitrogens with one attached hydrogen (secondary N) is 3. The molecular formula is C23H23N3O6S3. The average molecular weight is 534 g/mol. The molecule has 0 aliphatic carbocycles. The van der Waals surface area contributed by atoms with Gasteiger partial charge in [-0.15, -0.1) is 11.3 Å². The molecule has 0 aliphatic heterocycles. The Balaban J connectivity index is 1.72. The van der Waals surface area contributed by atoms with Crippen molar-refractivity contribution in [3.63, 3.8) is 0 Å². The Hall–Kier alpha value is -3.48. The second-order valence-corrected chi connectivity index (χ2v) is 10.4. The van der Waals surface area contributed by atoms with E-state index in [0.29, 0.717) is 21.9 Å². The molecule has 0 saturated heterocycles. The highest BCUT2D eigenvalue weighted by Crippen LogP contribution is 2.34. The maximum Gasteiger partial charge on any atom is 0.348 e. The summed E-state index contributed by atoms with van der Waals surface area (Å²) < 4.78 is 37.3. The van der Waals surface area contributed by atoms with E-state index in [0.717, 1.165) is 16.9 Å². The normalized spacial score (nSPS) is 10.9. The summed E-state index contributed by atoms with van der Waals surface area (Å²) in [6, 6.07) is 13.0. The van der Waals surface area contributed by atoms with Gasteiger partial charge < -0.3 is 20.1 Å². The van der Waals surface area contributed by atoms with E-state index < -0.39 is 22.0 Å². The summed E-state index contributed by atoms with van der Waals surface area (Å²) in [6.07, 6.45) is 0. The smallest absolute Gasteiger partial charge is 0.348 e. The number of anilines is 3. The second-order valence-electron chi connectivity index (χ2n) is 7.32. The van der Waals surface area contributed by atoms with Crippen molar-refractivity contribution in [3.8, 4) is 0 Å². The third kappa shape index (κ3) is 6.15. The van der Waals surface area contributed by atoms with Crippen LogP contribution in [0.15, 0.2) is 53.4 Å². The first-order valence-electron chi connectivity index (χ1n) is 10.1. The Morgan fingerprint density at radius 3 is 2.00 bits per heavy atom. The maximum absolute atomic E-state index is 12.6. The number of benzene rings is 2. The summed E-state index contributed by atoms with van der Waals surface area (Å²) >= 11 is 6.36. The van der Waals surface area contributed by atoms with E-state index in [-0.39, 0.29) is 20.4 Å². The van der Waals surface area contributed by atoms with E-state index in [2.05, 4.69) is 15.4 Å². The molecule has 0 bridgehead atoms. The highest BCUT2D eigenvalue weighted by atomic mass is 32.2. The summed E-state index contributed by atoms with van der Waals surface area (Å²) in [5.74, 6) is -1.20. The monoisotopic (exact) mass is 533 g/mol. The Morgan fingerprint density at radius 2 is 1.43 bits per heavy atom. The quantitative estimate of drug-likeness (QED) is 0.296. The van der Waals surface area contributed by atoms with Crippen LogP contribution in [0.25, 0.3) is 0 Å². The predicted octanol–water partition coefficient (Wildman–Crippen LogP) is 4.55. The van der Waals surface area contributed by atoms with Gasteiger partial charge in [0.15, 0.2) is 5.11 Å². The molecule has 0 unspecified atom stereocenters. The number of thiophene rings is 1. The Bertz CT molecular complexity index is 1360. The number of aryl methyl sites for hydroxylation is 1. The van der Waals surface area contributed by atoms with E-state index in [1.54, 1.807) is 43.3 Å². The standard InChI is InChI=1S/C23H23N3O6S3/c1-13-5-11-17(12-6-13)35(29,30)26-16-9-7-15(8-10-16)24-23(33)25-20-18(21(27)31-3)14(2)19(34-20)22(28)32-4/h5-12,26H,1-4H3,(H2,24,25,33). The number of methoxy groups -OCH3 is 2. The van der Waals surface area contributed by atoms with Crippen LogP contribution in [0.1, 0.15) is 31.2 Å². The van der Waals surface area contributed by atoms with Crippen molar-refractivity contribution in [2.75, 3.05) is 29.6 Å². The van der Waals surface area contributed by atoms with Gasteiger partial charge in [-0.05, 0) is 68.0 Å². The molecule has 0 amide bonds. The van der Waals surface area contributed by atoms with Crippen LogP contribution in [0.5, 0.6) is 0 Å². The molecule has 35 heavy (non-hydrogen) atoms. The summed E-state index contributed by atoms with van der Waals surface area (Å²) in [6.45, 7) is 3.50. The summed E-state index contributed by atoms with van der Waals surface area (Å²) in [4.78, 5) is 24.7. The second kappa shape index (κ2) is 10.8. The van der Waals surface area contributed by atoms with Crippen LogP contribution in [0.2, 0.25) is 0 Å². The lowest BCUT2D eigenvalue weighted by Gasteiger charge is -2.12. The van der Waals surface area contributed by atoms with Crippen LogP contribution in [0, 0.1) is 13.8 Å². The summed E-state index contributed by atoms with van der Waals surface area (Å²) in [5, 5.41) is 6.35. The minimum atomic E-state index is -3.72. The van der Waals surface area contributed by atoms with Gasteiger partial charge in [0, 0.05) is 11.4 Å². The molecule has 184 valence electrons. The number of rotatable bonds is 7. The molecule has 0 fully saturated rings. The Kier molecular flexibility index (Phi) is 8.10. The molecule has 3 aromatic rings. The van der Waals surface area contributed by atoms with Crippen LogP contribution in [0.4, 0.5) is 16.4 Å². The van der Waals surface area contributed by atoms with Gasteiger partial charge in [-0.2, -0.15) is 0 Å². The van der Waals surface area contributed by atoms with Crippen LogP contribution < -0.4 is 15.4 Å². The summed E-state index contributed by atoms with van der Waals surface area (Å²) in [5.41, 5.74) is 2.51. The van der Waals surface area contributed by atoms with Gasteiger partial charge in [-0.25, -0.2) is 18.0 Å². The lowest BCUT2D eigenvalue weighted by molar-refractivity contribution is 0.0601. The zero-order chi connectivity index (χ0) is 25.8. The zero-order valence-electron chi connectivity index (χ0n) is 19.3. The number of carbonyl (C=O) groups is 2. The number of carbonyl (C=O) groups excluding carboxylic acids is 2. The van der Waals surface area contributed by atoms with Crippen molar-refractivity contribution in [1.29, 1.82) is 0 Å². The number of thiocarbonyl (C=S) groups is 1. The molecule has 0 atom stereocenters. The highest BCUT2D eigenvalue weighted by molar-refractivity contribution is 7.92. The molecule has 12 heteroatoms. The van der Waals surface area contributed by atoms with Crippen molar-refractivity contribution in [3.05, 3.63) is 70.1 Å². The summed E-state index contributed by atoms with van der Waals surface area (Å²) in [7, 11) is -1.23. The third-order valence-electron chi connectivity index (χ3n) is 4.86. The molecular weight excluding hydrogens is 510 g/mol. The number of hydrogen-bond donors (Lipinski definition) is 3. The van der Waals surface area contributed by atoms with Gasteiger partial charge in [0.25, 0.3) is 10.0 Å². The zero-order valence-corrected chi connectivity index (χ0v) is 21.7. The molecule has 2 aromatic carbocycles. The van der Waals surface area contributed by atoms with E-state index in [1.165, 1.54) is 26.4 Å². The number of hydrogen-bond acceptors (Lipinski definition) is 8. The average Bonchev–Trinajstić information content (AvgIpc) is 3.14. The van der Waals surface area contributed by atoms with Gasteiger partial charge >= 0.3 is 11.9 Å². The molecule has 1 heterocycles. The SMILES string of the molecule is COC(=O)c1sc(NC(=S)Nc2ccc(NS(=O)(=O)c3ccc(C)cc3)cc2)c(C(=O)OC)c1C. The number of sulfonamides is 1. The minimum absolute atomic E-state index is 0.154. The highest BCUT2D eigenvalue weighted by Gasteiger charge is 2.26. The number of esters is 2. The molecule has 3 N–H and O–H groups in total. The lowest BCUT2D eigenvalue weighted by atomic mass is 10.1. The largest absolute Gasteiger partial charge is 0.465 e. The van der Waals surface area contributed by atoms with Crippen LogP contribution >= 0.6 is 23.6 Å². The first kappa shape index (κ1) is 26.1. The van der Waals surface area contributed by atoms with Crippen LogP contribution in [-0.4, -0.2) is 39.7 Å². The van der Waals surface area contributed by atoms with E-state index in [1.807, 2.05) is 6.92 Å². The van der Waals surface area contributed by atoms with Crippen LogP contribution in [-0.2, 0) is 19.5 Å². The molecule has 3 rings (SSSR count). The van der Waals surface area contributed by atoms with Gasteiger partial charge in [0.1, 0.15) is 9.88 Å². The van der Waals surface area contributed by atoms with Crippen molar-refractivity contribution in [2.45, 2.75) is 18.7 Å². The number of ether oxygens (including phenoxy) is 2. The third-order valence-corrected chi connectivity index (χ3v) is 7.65. The van der Waals surface area contributed by atoms with Gasteiger partial charge in [-0.3, -0.25) is 4.72 Å². The van der Waals surface area contributed by atoms with E-state index in [9.17, 15) is 18.0 Å². The van der Waals surface area contributed by atoms with E-state index in [4.69, 9.17) is 21.7 Å². The molecule has 0 aliphatic rings. The van der Waals surface area contributed by atoms with E-state index >= 15 is 0 Å². The van der Waals surface area contributed by atoms with Crippen molar-refractivity contribution in [2.24, 2.45) is 0 Å². The fourth-order valence-corrected chi connectivity index (χ4v) is 5.52. The Morgan fingerprint density at radius 1 is 0.857 bits per heavy atom. The minimum Gasteiger partial charge on any atom is -0.465 e. The molecule has 1 aromatic heterocycles. The lowest BCUT2D eigenvalue weighted by Crippen LogP contribution is -2.20. The van der Waals surface area contributed by atoms with Gasteiger partial charge in [-0.1, -0.05) is 17.7 Å². The fraction of sp³-hybridized carbons (Fsp3) is 0.174. The Labute approximate surface area is 212 Å². The molecule has 9 nitrogen and oxygen atoms in total. The van der Waals surface area contributed by atoms with Crippen molar-refractivity contribution in [1.82, 2.24) is 0 Å². The van der Waals surface area contributed by atoms with Gasteiger partial charge in [0.05, 0.1) is 24.7 Å². The fourth-order valence-electron chi connectivity index (χ4n) is 3.06. The van der Waals surface area contributed by atoms with Crippen LogP contribution in [0.3, 0.4) is 0 Å². The maximum atomic E-state index is 12.6. The first-order valence-corrected chi connectivity index (χ1v) is 12.8. The predicted molar refractivity (Wildman–Crippen MR) is 140 cm³/mol. The topological polar surface area (TPSA) is 123 Å². The van der Waals surface area contributed by atoms with Crippen molar-refractivity contribution < 1.29 is 27.5 Å².